The molecule has 0 unspecified atom stereocenters. The van der Waals surface area contributed by atoms with E-state index in [9.17, 15) is 4.79 Å². The number of aliphatic hydroxyl groups is 2. The van der Waals surface area contributed by atoms with Crippen molar-refractivity contribution in [1.82, 2.24) is 14.9 Å². The van der Waals surface area contributed by atoms with E-state index in [4.69, 9.17) is 21.8 Å². The van der Waals surface area contributed by atoms with Crippen LogP contribution in [0.5, 0.6) is 0 Å². The van der Waals surface area contributed by atoms with Crippen LogP contribution < -0.4 is 0 Å². The Morgan fingerprint density at radius 1 is 1.44 bits per heavy atom. The van der Waals surface area contributed by atoms with Crippen molar-refractivity contribution in [3.8, 4) is 0 Å². The van der Waals surface area contributed by atoms with E-state index in [1.807, 2.05) is 0 Å². The van der Waals surface area contributed by atoms with Crippen LogP contribution in [0.4, 0.5) is 0 Å². The first-order valence-corrected chi connectivity index (χ1v) is 6.81. The number of nitrogens with zero attached hydrogens (tertiary/aromatic N) is 3. The molecule has 1 rings (SSSR count). The van der Waals surface area contributed by atoms with Crippen molar-refractivity contribution < 1.29 is 15.0 Å². The fourth-order valence-electron chi connectivity index (χ4n) is 1.31. The number of hydrogen-bond acceptors (Lipinski definition) is 6. The summed E-state index contributed by atoms with van der Waals surface area (Å²) in [5.74, 6) is -0.430. The molecular formula is C10H14ClN3O3S. The van der Waals surface area contributed by atoms with Crippen LogP contribution in [0, 0.1) is 0 Å². The second-order valence-electron chi connectivity index (χ2n) is 3.29. The molecule has 0 atom stereocenters. The maximum Gasteiger partial charge on any atom is 0.274 e. The molecule has 1 amide bonds. The third-order valence-electron chi connectivity index (χ3n) is 2.13. The van der Waals surface area contributed by atoms with Gasteiger partial charge in [-0.15, -0.1) is 0 Å². The number of hydrogen-bond donors (Lipinski definition) is 2. The van der Waals surface area contributed by atoms with Crippen molar-refractivity contribution in [2.45, 2.75) is 5.16 Å². The number of halogens is 1. The molecule has 1 heterocycles. The van der Waals surface area contributed by atoms with Crippen LogP contribution in [0.15, 0.2) is 11.4 Å². The van der Waals surface area contributed by atoms with Gasteiger partial charge in [-0.25, -0.2) is 9.97 Å². The Morgan fingerprint density at radius 2 is 2.06 bits per heavy atom. The van der Waals surface area contributed by atoms with Gasteiger partial charge in [0.2, 0.25) is 0 Å². The van der Waals surface area contributed by atoms with E-state index in [0.717, 1.165) is 0 Å². The molecular weight excluding hydrogens is 278 g/mol. The molecule has 100 valence electrons. The number of rotatable bonds is 6. The predicted molar refractivity (Wildman–Crippen MR) is 68.9 cm³/mol. The van der Waals surface area contributed by atoms with E-state index >= 15 is 0 Å². The van der Waals surface area contributed by atoms with Crippen molar-refractivity contribution in [2.24, 2.45) is 0 Å². The van der Waals surface area contributed by atoms with E-state index < -0.39 is 5.91 Å². The average Bonchev–Trinajstić information content (AvgIpc) is 2.38. The number of amides is 1. The predicted octanol–water partition coefficient (Wildman–Crippen LogP) is 0.279. The molecule has 0 aliphatic carbocycles. The Bertz CT molecular complexity index is 413. The Hall–Kier alpha value is -0.890. The second kappa shape index (κ2) is 7.52. The summed E-state index contributed by atoms with van der Waals surface area (Å²) in [5, 5.41) is 18.4. The molecule has 1 aromatic heterocycles. The molecule has 2 N–H and O–H groups in total. The Kier molecular flexibility index (Phi) is 6.34. The first kappa shape index (κ1) is 15.2. The summed E-state index contributed by atoms with van der Waals surface area (Å²) in [5.41, 5.74) is 0.0814. The second-order valence-corrected chi connectivity index (χ2v) is 4.47. The summed E-state index contributed by atoms with van der Waals surface area (Å²) < 4.78 is 0. The van der Waals surface area contributed by atoms with Crippen molar-refractivity contribution in [2.75, 3.05) is 32.6 Å². The van der Waals surface area contributed by atoms with Gasteiger partial charge in [-0.3, -0.25) is 4.79 Å². The van der Waals surface area contributed by atoms with Gasteiger partial charge in [-0.1, -0.05) is 23.4 Å². The maximum atomic E-state index is 12.1. The highest BCUT2D eigenvalue weighted by Crippen LogP contribution is 2.18. The molecule has 0 saturated carbocycles. The minimum Gasteiger partial charge on any atom is -0.395 e. The summed E-state index contributed by atoms with van der Waals surface area (Å²) in [4.78, 5) is 21.4. The monoisotopic (exact) mass is 291 g/mol. The fraction of sp³-hybridized carbons (Fsp3) is 0.500. The Balaban J connectivity index is 2.99. The fourth-order valence-corrected chi connectivity index (χ4v) is 1.82. The van der Waals surface area contributed by atoms with E-state index in [-0.39, 0.29) is 37.0 Å². The molecule has 0 aliphatic rings. The highest BCUT2D eigenvalue weighted by Gasteiger charge is 2.20. The smallest absolute Gasteiger partial charge is 0.274 e. The number of carbonyl (C=O) groups excluding carboxylic acids is 1. The van der Waals surface area contributed by atoms with Gasteiger partial charge in [0.25, 0.3) is 5.91 Å². The van der Waals surface area contributed by atoms with Crippen LogP contribution in [-0.4, -0.2) is 63.5 Å². The van der Waals surface area contributed by atoms with Crippen molar-refractivity contribution in [3.05, 3.63) is 16.9 Å². The topological polar surface area (TPSA) is 86.6 Å². The largest absolute Gasteiger partial charge is 0.395 e. The van der Waals surface area contributed by atoms with Gasteiger partial charge >= 0.3 is 0 Å². The van der Waals surface area contributed by atoms with Crippen LogP contribution in [0.1, 0.15) is 10.5 Å². The number of carbonyl (C=O) groups is 1. The molecule has 18 heavy (non-hydrogen) atoms. The number of aliphatic hydroxyl groups excluding tert-OH is 2. The van der Waals surface area contributed by atoms with Gasteiger partial charge in [0.1, 0.15) is 0 Å². The standard InChI is InChI=1S/C10H14ClN3O3S/c1-18-10-12-6-7(11)8(13-10)9(17)14(2-4-15)3-5-16/h6,15-16H,2-5H2,1H3. The van der Waals surface area contributed by atoms with Gasteiger partial charge in [0.05, 0.1) is 24.4 Å². The normalized spacial score (nSPS) is 10.4. The van der Waals surface area contributed by atoms with E-state index in [0.29, 0.717) is 5.16 Å². The van der Waals surface area contributed by atoms with Gasteiger partial charge in [0.15, 0.2) is 10.9 Å². The van der Waals surface area contributed by atoms with Crippen LogP contribution >= 0.6 is 23.4 Å². The zero-order valence-electron chi connectivity index (χ0n) is 9.84. The third-order valence-corrected chi connectivity index (χ3v) is 2.97. The molecule has 0 spiro atoms. The molecule has 0 radical (unpaired) electrons. The van der Waals surface area contributed by atoms with Gasteiger partial charge in [-0.2, -0.15) is 0 Å². The quantitative estimate of drug-likeness (QED) is 0.578. The lowest BCUT2D eigenvalue weighted by Crippen LogP contribution is -2.36. The molecule has 8 heteroatoms. The summed E-state index contributed by atoms with van der Waals surface area (Å²) >= 11 is 7.18. The van der Waals surface area contributed by atoms with Gasteiger partial charge in [0, 0.05) is 13.1 Å². The zero-order valence-corrected chi connectivity index (χ0v) is 11.4. The zero-order chi connectivity index (χ0) is 13.5. The van der Waals surface area contributed by atoms with Crippen LogP contribution in [0.2, 0.25) is 5.02 Å². The number of aromatic nitrogens is 2. The minimum absolute atomic E-state index is 0.0814. The van der Waals surface area contributed by atoms with Crippen molar-refractivity contribution in [3.63, 3.8) is 0 Å². The van der Waals surface area contributed by atoms with E-state index in [1.165, 1.54) is 22.9 Å². The van der Waals surface area contributed by atoms with Crippen LogP contribution in [0.3, 0.4) is 0 Å². The first-order valence-electron chi connectivity index (χ1n) is 5.21. The first-order chi connectivity index (χ1) is 8.63. The van der Waals surface area contributed by atoms with E-state index in [2.05, 4.69) is 9.97 Å². The van der Waals surface area contributed by atoms with E-state index in [1.54, 1.807) is 6.26 Å². The molecule has 0 aliphatic heterocycles. The highest BCUT2D eigenvalue weighted by molar-refractivity contribution is 7.98. The lowest BCUT2D eigenvalue weighted by Gasteiger charge is -2.20. The molecule has 6 nitrogen and oxygen atoms in total. The van der Waals surface area contributed by atoms with Crippen LogP contribution in [0.25, 0.3) is 0 Å². The van der Waals surface area contributed by atoms with Crippen LogP contribution in [-0.2, 0) is 0 Å². The summed E-state index contributed by atoms with van der Waals surface area (Å²) in [6.07, 6.45) is 3.15. The van der Waals surface area contributed by atoms with Gasteiger partial charge < -0.3 is 15.1 Å². The Morgan fingerprint density at radius 3 is 2.56 bits per heavy atom. The summed E-state index contributed by atoms with van der Waals surface area (Å²) in [7, 11) is 0. The third kappa shape index (κ3) is 3.81. The highest BCUT2D eigenvalue weighted by atomic mass is 35.5. The Labute approximate surface area is 114 Å². The summed E-state index contributed by atoms with van der Waals surface area (Å²) in [6.45, 7) is -0.143. The van der Waals surface area contributed by atoms with Crippen molar-refractivity contribution in [1.29, 1.82) is 0 Å². The average molecular weight is 292 g/mol. The minimum atomic E-state index is -0.430. The molecule has 0 fully saturated rings. The molecule has 0 aromatic carbocycles. The lowest BCUT2D eigenvalue weighted by molar-refractivity contribution is 0.0678. The number of thioether (sulfide) groups is 1. The summed E-state index contributed by atoms with van der Waals surface area (Å²) in [6, 6.07) is 0. The van der Waals surface area contributed by atoms with Crippen molar-refractivity contribution >= 4 is 29.3 Å². The SMILES string of the molecule is CSc1ncc(Cl)c(C(=O)N(CCO)CCO)n1. The molecule has 0 saturated heterocycles. The maximum absolute atomic E-state index is 12.1. The lowest BCUT2D eigenvalue weighted by atomic mass is 10.3. The van der Waals surface area contributed by atoms with Gasteiger partial charge in [-0.05, 0) is 6.26 Å². The molecule has 1 aromatic rings. The molecule has 0 bridgehead atoms.